The fraction of sp³-hybridized carbons (Fsp3) is 0.500. The molecule has 2 N–H and O–H groups in total. The Morgan fingerprint density at radius 3 is 2.65 bits per heavy atom. The highest BCUT2D eigenvalue weighted by Crippen LogP contribution is 2.25. The summed E-state index contributed by atoms with van der Waals surface area (Å²) >= 11 is 0. The number of hydrogen-bond donors (Lipinski definition) is 2. The van der Waals surface area contributed by atoms with Gasteiger partial charge < -0.3 is 15.2 Å². The van der Waals surface area contributed by atoms with Gasteiger partial charge in [-0.25, -0.2) is 8.78 Å². The molecule has 0 saturated heterocycles. The van der Waals surface area contributed by atoms with E-state index in [1.165, 1.54) is 7.11 Å². The third kappa shape index (κ3) is 4.28. The van der Waals surface area contributed by atoms with Crippen molar-refractivity contribution in [1.82, 2.24) is 5.32 Å². The van der Waals surface area contributed by atoms with Gasteiger partial charge in [-0.3, -0.25) is 0 Å². The standard InChI is InChI=1S/C12H17F2NO2/c1-8-3-4-11(17-2)9(5-8)10(16)6-15-7-12(13)14/h3-5,10,12,15-16H,6-7H2,1-2H3. The fourth-order valence-corrected chi connectivity index (χ4v) is 1.55. The van der Waals surface area contributed by atoms with Gasteiger partial charge in [-0.2, -0.15) is 0 Å². The molecule has 0 saturated carbocycles. The summed E-state index contributed by atoms with van der Waals surface area (Å²) in [5, 5.41) is 12.4. The van der Waals surface area contributed by atoms with Gasteiger partial charge in [-0.05, 0) is 19.1 Å². The molecule has 1 rings (SSSR count). The van der Waals surface area contributed by atoms with E-state index in [0.29, 0.717) is 11.3 Å². The van der Waals surface area contributed by atoms with Gasteiger partial charge in [-0.1, -0.05) is 11.6 Å². The summed E-state index contributed by atoms with van der Waals surface area (Å²) in [5.41, 5.74) is 1.59. The topological polar surface area (TPSA) is 41.5 Å². The molecular weight excluding hydrogens is 228 g/mol. The largest absolute Gasteiger partial charge is 0.496 e. The second-order valence-corrected chi connectivity index (χ2v) is 3.81. The molecule has 0 fully saturated rings. The summed E-state index contributed by atoms with van der Waals surface area (Å²) in [7, 11) is 1.51. The third-order valence-electron chi connectivity index (χ3n) is 2.38. The molecule has 96 valence electrons. The number of aliphatic hydroxyl groups is 1. The van der Waals surface area contributed by atoms with Crippen LogP contribution in [0.2, 0.25) is 0 Å². The molecule has 0 aromatic heterocycles. The molecule has 0 radical (unpaired) electrons. The van der Waals surface area contributed by atoms with Gasteiger partial charge >= 0.3 is 0 Å². The van der Waals surface area contributed by atoms with Crippen molar-refractivity contribution in [3.8, 4) is 5.75 Å². The Kier molecular flexibility index (Phi) is 5.31. The molecule has 0 spiro atoms. The smallest absolute Gasteiger partial charge is 0.250 e. The molecule has 5 heteroatoms. The van der Waals surface area contributed by atoms with Crippen molar-refractivity contribution in [3.63, 3.8) is 0 Å². The van der Waals surface area contributed by atoms with Crippen molar-refractivity contribution < 1.29 is 18.6 Å². The highest BCUT2D eigenvalue weighted by molar-refractivity contribution is 5.38. The van der Waals surface area contributed by atoms with Crippen LogP contribution in [0.4, 0.5) is 8.78 Å². The molecule has 0 heterocycles. The number of methoxy groups -OCH3 is 1. The van der Waals surface area contributed by atoms with E-state index in [2.05, 4.69) is 5.32 Å². The van der Waals surface area contributed by atoms with Crippen LogP contribution in [-0.4, -0.2) is 31.7 Å². The van der Waals surface area contributed by atoms with Crippen molar-refractivity contribution in [1.29, 1.82) is 0 Å². The van der Waals surface area contributed by atoms with Crippen LogP contribution in [0.15, 0.2) is 18.2 Å². The molecule has 0 amide bonds. The summed E-state index contributed by atoms with van der Waals surface area (Å²) < 4.78 is 29.0. The lowest BCUT2D eigenvalue weighted by Crippen LogP contribution is -2.26. The monoisotopic (exact) mass is 245 g/mol. The second kappa shape index (κ2) is 6.51. The molecule has 0 bridgehead atoms. The summed E-state index contributed by atoms with van der Waals surface area (Å²) in [6.45, 7) is 1.54. The zero-order valence-electron chi connectivity index (χ0n) is 9.91. The first-order valence-corrected chi connectivity index (χ1v) is 5.36. The van der Waals surface area contributed by atoms with Gasteiger partial charge in [0.1, 0.15) is 5.75 Å². The lowest BCUT2D eigenvalue weighted by molar-refractivity contribution is 0.128. The number of benzene rings is 1. The average molecular weight is 245 g/mol. The normalized spacial score (nSPS) is 12.8. The number of nitrogens with one attached hydrogen (secondary N) is 1. The third-order valence-corrected chi connectivity index (χ3v) is 2.38. The fourth-order valence-electron chi connectivity index (χ4n) is 1.55. The molecular formula is C12H17F2NO2. The van der Waals surface area contributed by atoms with Crippen LogP contribution in [-0.2, 0) is 0 Å². The van der Waals surface area contributed by atoms with Gasteiger partial charge in [0.2, 0.25) is 0 Å². The van der Waals surface area contributed by atoms with Gasteiger partial charge in [-0.15, -0.1) is 0 Å². The Hall–Kier alpha value is -1.20. The van der Waals surface area contributed by atoms with Crippen LogP contribution < -0.4 is 10.1 Å². The minimum Gasteiger partial charge on any atom is -0.496 e. The Bertz CT molecular complexity index is 358. The summed E-state index contributed by atoms with van der Waals surface area (Å²) in [6, 6.07) is 5.40. The van der Waals surface area contributed by atoms with Gasteiger partial charge in [0, 0.05) is 12.1 Å². The Morgan fingerprint density at radius 1 is 1.35 bits per heavy atom. The minimum absolute atomic E-state index is 0.0736. The van der Waals surface area contributed by atoms with E-state index in [1.807, 2.05) is 13.0 Å². The number of alkyl halides is 2. The summed E-state index contributed by atoms with van der Waals surface area (Å²) in [6.07, 6.45) is -3.27. The lowest BCUT2D eigenvalue weighted by Gasteiger charge is -2.16. The lowest BCUT2D eigenvalue weighted by atomic mass is 10.1. The summed E-state index contributed by atoms with van der Waals surface area (Å²) in [4.78, 5) is 0. The molecule has 0 aliphatic carbocycles. The van der Waals surface area contributed by atoms with E-state index >= 15 is 0 Å². The molecule has 1 unspecified atom stereocenters. The number of hydrogen-bond acceptors (Lipinski definition) is 3. The van der Waals surface area contributed by atoms with Crippen molar-refractivity contribution in [2.75, 3.05) is 20.2 Å². The number of rotatable bonds is 6. The van der Waals surface area contributed by atoms with Crippen LogP contribution in [0, 0.1) is 6.92 Å². The highest BCUT2D eigenvalue weighted by Gasteiger charge is 2.13. The molecule has 1 atom stereocenters. The molecule has 1 aromatic rings. The SMILES string of the molecule is COc1ccc(C)cc1C(O)CNCC(F)F. The van der Waals surface area contributed by atoms with Crippen LogP contribution >= 0.6 is 0 Å². The van der Waals surface area contributed by atoms with Crippen molar-refractivity contribution >= 4 is 0 Å². The van der Waals surface area contributed by atoms with E-state index in [0.717, 1.165) is 5.56 Å². The highest BCUT2D eigenvalue weighted by atomic mass is 19.3. The maximum Gasteiger partial charge on any atom is 0.250 e. The Balaban J connectivity index is 2.66. The summed E-state index contributed by atoms with van der Waals surface area (Å²) in [5.74, 6) is 0.557. The van der Waals surface area contributed by atoms with E-state index in [4.69, 9.17) is 4.74 Å². The predicted molar refractivity (Wildman–Crippen MR) is 61.6 cm³/mol. The second-order valence-electron chi connectivity index (χ2n) is 3.81. The maximum atomic E-state index is 11.9. The van der Waals surface area contributed by atoms with Crippen LogP contribution in [0.5, 0.6) is 5.75 Å². The minimum atomic E-state index is -2.42. The predicted octanol–water partition coefficient (Wildman–Crippen LogP) is 1.89. The number of ether oxygens (including phenoxy) is 1. The first-order chi connectivity index (χ1) is 8.04. The first-order valence-electron chi connectivity index (χ1n) is 5.36. The van der Waals surface area contributed by atoms with Crippen LogP contribution in [0.25, 0.3) is 0 Å². The maximum absolute atomic E-state index is 11.9. The number of aryl methyl sites for hydroxylation is 1. The average Bonchev–Trinajstić information content (AvgIpc) is 2.28. The van der Waals surface area contributed by atoms with E-state index in [-0.39, 0.29) is 6.54 Å². The van der Waals surface area contributed by atoms with E-state index in [1.54, 1.807) is 12.1 Å². The molecule has 3 nitrogen and oxygen atoms in total. The molecule has 1 aromatic carbocycles. The van der Waals surface area contributed by atoms with Gasteiger partial charge in [0.05, 0.1) is 19.8 Å². The van der Waals surface area contributed by atoms with Crippen molar-refractivity contribution in [3.05, 3.63) is 29.3 Å². The zero-order chi connectivity index (χ0) is 12.8. The zero-order valence-corrected chi connectivity index (χ0v) is 9.91. The first kappa shape index (κ1) is 13.9. The number of aliphatic hydroxyl groups excluding tert-OH is 1. The van der Waals surface area contributed by atoms with E-state index in [9.17, 15) is 13.9 Å². The van der Waals surface area contributed by atoms with Gasteiger partial charge in [0.15, 0.2) is 0 Å². The van der Waals surface area contributed by atoms with Crippen molar-refractivity contribution in [2.45, 2.75) is 19.5 Å². The van der Waals surface area contributed by atoms with Crippen LogP contribution in [0.1, 0.15) is 17.2 Å². The molecule has 17 heavy (non-hydrogen) atoms. The van der Waals surface area contributed by atoms with E-state index < -0.39 is 19.1 Å². The Morgan fingerprint density at radius 2 is 2.06 bits per heavy atom. The Labute approximate surface area is 99.4 Å². The van der Waals surface area contributed by atoms with Gasteiger partial charge in [0.25, 0.3) is 6.43 Å². The number of halogens is 2. The quantitative estimate of drug-likeness (QED) is 0.804. The molecule has 0 aliphatic rings. The van der Waals surface area contributed by atoms with Crippen LogP contribution in [0.3, 0.4) is 0 Å². The van der Waals surface area contributed by atoms with Crippen molar-refractivity contribution in [2.24, 2.45) is 0 Å². The molecule has 0 aliphatic heterocycles.